The Balaban J connectivity index is 2.04. The zero-order valence-corrected chi connectivity index (χ0v) is 11.2. The molecule has 0 saturated heterocycles. The molecule has 2 rings (SSSR count). The number of aromatic nitrogens is 2. The summed E-state index contributed by atoms with van der Waals surface area (Å²) in [5, 5.41) is 18.0. The number of aliphatic hydroxyl groups excluding tert-OH is 2. The smallest absolute Gasteiger partial charge is 0.226 e. The Morgan fingerprint density at radius 2 is 2.11 bits per heavy atom. The molecule has 0 spiro atoms. The molecule has 6 nitrogen and oxygen atoms in total. The summed E-state index contributed by atoms with van der Waals surface area (Å²) < 4.78 is 0. The van der Waals surface area contributed by atoms with Gasteiger partial charge in [0, 0.05) is 31.1 Å². The predicted octanol–water partition coefficient (Wildman–Crippen LogP) is -0.364. The van der Waals surface area contributed by atoms with E-state index in [9.17, 15) is 4.79 Å². The molecule has 0 bridgehead atoms. The van der Waals surface area contributed by atoms with E-state index in [1.54, 1.807) is 4.90 Å². The Morgan fingerprint density at radius 1 is 1.42 bits per heavy atom. The molecule has 1 unspecified atom stereocenters. The van der Waals surface area contributed by atoms with E-state index in [2.05, 4.69) is 9.97 Å². The molecule has 0 aliphatic heterocycles. The van der Waals surface area contributed by atoms with Crippen LogP contribution in [-0.2, 0) is 17.6 Å². The van der Waals surface area contributed by atoms with Crippen LogP contribution in [0.3, 0.4) is 0 Å². The van der Waals surface area contributed by atoms with Crippen LogP contribution in [0.25, 0.3) is 0 Å². The lowest BCUT2D eigenvalue weighted by atomic mass is 9.88. The Kier molecular flexibility index (Phi) is 4.55. The van der Waals surface area contributed by atoms with Gasteiger partial charge in [0.25, 0.3) is 0 Å². The van der Waals surface area contributed by atoms with Gasteiger partial charge >= 0.3 is 0 Å². The van der Waals surface area contributed by atoms with Crippen molar-refractivity contribution in [2.45, 2.75) is 26.2 Å². The predicted molar refractivity (Wildman–Crippen MR) is 69.6 cm³/mol. The monoisotopic (exact) mass is 267 g/mol. The van der Waals surface area contributed by atoms with Gasteiger partial charge in [0.15, 0.2) is 0 Å². The first-order chi connectivity index (χ1) is 9.15. The Hall–Kier alpha value is -1.40. The number of nitrogens with one attached hydrogen (secondary N) is 1. The van der Waals surface area contributed by atoms with Gasteiger partial charge < -0.3 is 20.1 Å². The summed E-state index contributed by atoms with van der Waals surface area (Å²) in [5.74, 6) is 0.826. The maximum Gasteiger partial charge on any atom is 0.226 e. The lowest BCUT2D eigenvalue weighted by molar-refractivity contribution is -0.137. The fourth-order valence-corrected chi connectivity index (χ4v) is 2.67. The van der Waals surface area contributed by atoms with Gasteiger partial charge in [-0.15, -0.1) is 0 Å². The fourth-order valence-electron chi connectivity index (χ4n) is 2.67. The molecule has 1 aromatic rings. The van der Waals surface area contributed by atoms with Crippen LogP contribution in [0.4, 0.5) is 0 Å². The van der Waals surface area contributed by atoms with Crippen molar-refractivity contribution >= 4 is 5.91 Å². The van der Waals surface area contributed by atoms with Gasteiger partial charge in [-0.3, -0.25) is 4.79 Å². The minimum Gasteiger partial charge on any atom is -0.395 e. The number of carbonyl (C=O) groups is 1. The molecule has 1 atom stereocenters. The molecular weight excluding hydrogens is 246 g/mol. The first kappa shape index (κ1) is 14.0. The third-order valence-corrected chi connectivity index (χ3v) is 3.56. The number of aryl methyl sites for hydroxylation is 2. The van der Waals surface area contributed by atoms with Crippen LogP contribution in [0, 0.1) is 12.8 Å². The second kappa shape index (κ2) is 6.16. The van der Waals surface area contributed by atoms with E-state index in [0.29, 0.717) is 6.42 Å². The van der Waals surface area contributed by atoms with Gasteiger partial charge in [-0.1, -0.05) is 0 Å². The highest BCUT2D eigenvalue weighted by Crippen LogP contribution is 2.25. The highest BCUT2D eigenvalue weighted by Gasteiger charge is 2.29. The van der Waals surface area contributed by atoms with Crippen molar-refractivity contribution in [3.8, 4) is 0 Å². The summed E-state index contributed by atoms with van der Waals surface area (Å²) in [6.07, 6.45) is 2.26. The van der Waals surface area contributed by atoms with Crippen LogP contribution in [0.2, 0.25) is 0 Å². The zero-order valence-electron chi connectivity index (χ0n) is 11.2. The van der Waals surface area contributed by atoms with Crippen molar-refractivity contribution < 1.29 is 15.0 Å². The standard InChI is InChI=1S/C13H21N3O3/c1-9-14-11-3-2-10(8-12(11)15-9)13(19)16(4-6-17)5-7-18/h10,17-18H,2-8H2,1H3,(H,14,15). The maximum atomic E-state index is 12.4. The largest absolute Gasteiger partial charge is 0.395 e. The average molecular weight is 267 g/mol. The van der Waals surface area contributed by atoms with Crippen LogP contribution in [0.15, 0.2) is 0 Å². The number of rotatable bonds is 5. The molecule has 1 aromatic heterocycles. The second-order valence-electron chi connectivity index (χ2n) is 4.96. The molecule has 0 fully saturated rings. The first-order valence-electron chi connectivity index (χ1n) is 6.70. The SMILES string of the molecule is Cc1nc2c([nH]1)CC(C(=O)N(CCO)CCO)CC2. The molecule has 1 heterocycles. The van der Waals surface area contributed by atoms with E-state index in [4.69, 9.17) is 10.2 Å². The highest BCUT2D eigenvalue weighted by atomic mass is 16.3. The number of hydrogen-bond acceptors (Lipinski definition) is 4. The number of aliphatic hydroxyl groups is 2. The topological polar surface area (TPSA) is 89.5 Å². The number of imidazole rings is 1. The van der Waals surface area contributed by atoms with Crippen LogP contribution >= 0.6 is 0 Å². The van der Waals surface area contributed by atoms with Gasteiger partial charge in [0.2, 0.25) is 5.91 Å². The molecule has 0 aromatic carbocycles. The second-order valence-corrected chi connectivity index (χ2v) is 4.96. The van der Waals surface area contributed by atoms with Gasteiger partial charge in [-0.25, -0.2) is 4.98 Å². The summed E-state index contributed by atoms with van der Waals surface area (Å²) in [6, 6.07) is 0. The summed E-state index contributed by atoms with van der Waals surface area (Å²) in [5.41, 5.74) is 2.12. The third-order valence-electron chi connectivity index (χ3n) is 3.56. The Bertz CT molecular complexity index is 438. The zero-order chi connectivity index (χ0) is 13.8. The summed E-state index contributed by atoms with van der Waals surface area (Å²) in [6.45, 7) is 2.33. The van der Waals surface area contributed by atoms with Crippen molar-refractivity contribution in [3.05, 3.63) is 17.2 Å². The summed E-state index contributed by atoms with van der Waals surface area (Å²) >= 11 is 0. The van der Waals surface area contributed by atoms with E-state index in [0.717, 1.165) is 30.1 Å². The van der Waals surface area contributed by atoms with Gasteiger partial charge in [-0.2, -0.15) is 0 Å². The van der Waals surface area contributed by atoms with Crippen LogP contribution in [0.1, 0.15) is 23.6 Å². The lowest BCUT2D eigenvalue weighted by Gasteiger charge is -2.28. The average Bonchev–Trinajstić information content (AvgIpc) is 2.76. The molecular formula is C13H21N3O3. The van der Waals surface area contributed by atoms with Crippen LogP contribution in [-0.4, -0.2) is 57.3 Å². The quantitative estimate of drug-likeness (QED) is 0.679. The number of hydrogen-bond donors (Lipinski definition) is 3. The molecule has 106 valence electrons. The molecule has 6 heteroatoms. The highest BCUT2D eigenvalue weighted by molar-refractivity contribution is 5.79. The summed E-state index contributed by atoms with van der Waals surface area (Å²) in [7, 11) is 0. The van der Waals surface area contributed by atoms with E-state index in [-0.39, 0.29) is 38.1 Å². The maximum absolute atomic E-state index is 12.4. The molecule has 1 aliphatic rings. The molecule has 1 amide bonds. The number of carbonyl (C=O) groups excluding carboxylic acids is 1. The van der Waals surface area contributed by atoms with E-state index in [1.807, 2.05) is 6.92 Å². The molecule has 3 N–H and O–H groups in total. The Labute approximate surface area is 112 Å². The molecule has 19 heavy (non-hydrogen) atoms. The van der Waals surface area contributed by atoms with E-state index in [1.165, 1.54) is 0 Å². The van der Waals surface area contributed by atoms with Crippen molar-refractivity contribution in [2.75, 3.05) is 26.3 Å². The van der Waals surface area contributed by atoms with Crippen LogP contribution in [0.5, 0.6) is 0 Å². The number of amides is 1. The molecule has 0 radical (unpaired) electrons. The van der Waals surface area contributed by atoms with Gasteiger partial charge in [-0.05, 0) is 19.8 Å². The minimum atomic E-state index is -0.0783. The van der Waals surface area contributed by atoms with Crippen molar-refractivity contribution in [2.24, 2.45) is 5.92 Å². The normalized spacial score (nSPS) is 18.2. The van der Waals surface area contributed by atoms with E-state index >= 15 is 0 Å². The van der Waals surface area contributed by atoms with Crippen molar-refractivity contribution in [1.82, 2.24) is 14.9 Å². The Morgan fingerprint density at radius 3 is 2.74 bits per heavy atom. The first-order valence-corrected chi connectivity index (χ1v) is 6.70. The number of aromatic amines is 1. The van der Waals surface area contributed by atoms with Gasteiger partial charge in [0.1, 0.15) is 5.82 Å². The lowest BCUT2D eigenvalue weighted by Crippen LogP contribution is -2.41. The van der Waals surface area contributed by atoms with E-state index < -0.39 is 0 Å². The molecule has 1 aliphatic carbocycles. The van der Waals surface area contributed by atoms with Crippen molar-refractivity contribution in [3.63, 3.8) is 0 Å². The number of nitrogens with zero attached hydrogens (tertiary/aromatic N) is 2. The number of fused-ring (bicyclic) bond motifs is 1. The minimum absolute atomic E-state index is 0.0148. The third kappa shape index (κ3) is 3.13. The molecule has 0 saturated carbocycles. The fraction of sp³-hybridized carbons (Fsp3) is 0.692. The van der Waals surface area contributed by atoms with Crippen molar-refractivity contribution in [1.29, 1.82) is 0 Å². The number of H-pyrrole nitrogens is 1. The van der Waals surface area contributed by atoms with Crippen LogP contribution < -0.4 is 0 Å². The summed E-state index contributed by atoms with van der Waals surface area (Å²) in [4.78, 5) is 21.5. The van der Waals surface area contributed by atoms with Gasteiger partial charge in [0.05, 0.1) is 18.9 Å².